The number of hydrogen-bond acceptors (Lipinski definition) is 4. The number of nitrogens with zero attached hydrogens (tertiary/aromatic N) is 1. The Balaban J connectivity index is 1.85. The van der Waals surface area contributed by atoms with Crippen molar-refractivity contribution >= 4 is 22.9 Å². The van der Waals surface area contributed by atoms with Crippen molar-refractivity contribution in [2.45, 2.75) is 13.8 Å². The predicted octanol–water partition coefficient (Wildman–Crippen LogP) is 3.37. The van der Waals surface area contributed by atoms with Crippen LogP contribution in [-0.2, 0) is 0 Å². The molecule has 0 spiro atoms. The van der Waals surface area contributed by atoms with Crippen molar-refractivity contribution in [3.05, 3.63) is 68.4 Å². The van der Waals surface area contributed by atoms with Crippen molar-refractivity contribution in [2.24, 2.45) is 0 Å². The van der Waals surface area contributed by atoms with Crippen molar-refractivity contribution in [1.82, 2.24) is 9.97 Å². The Hall–Kier alpha value is -2.73. The number of pyridine rings is 1. The van der Waals surface area contributed by atoms with E-state index in [0.29, 0.717) is 11.4 Å². The molecule has 2 N–H and O–H groups in total. The molecule has 0 unspecified atom stereocenters. The van der Waals surface area contributed by atoms with Crippen molar-refractivity contribution < 1.29 is 4.79 Å². The maximum Gasteiger partial charge on any atom is 0.261 e. The minimum atomic E-state index is -0.433. The van der Waals surface area contributed by atoms with Crippen molar-refractivity contribution in [3.8, 4) is 11.3 Å². The van der Waals surface area contributed by atoms with Crippen LogP contribution in [0.4, 0.5) is 5.69 Å². The molecule has 0 saturated carbocycles. The first-order valence-corrected chi connectivity index (χ1v) is 7.95. The van der Waals surface area contributed by atoms with E-state index in [2.05, 4.69) is 15.3 Å². The number of nitrogens with one attached hydrogen (secondary N) is 2. The highest BCUT2D eigenvalue weighted by molar-refractivity contribution is 7.09. The van der Waals surface area contributed by atoms with Gasteiger partial charge in [-0.2, -0.15) is 0 Å². The molecule has 3 rings (SSSR count). The summed E-state index contributed by atoms with van der Waals surface area (Å²) in [6.45, 7) is 3.71. The average Bonchev–Trinajstić information content (AvgIpc) is 2.94. The number of H-pyrrole nitrogens is 1. The third-order valence-corrected chi connectivity index (χ3v) is 4.11. The molecule has 0 radical (unpaired) electrons. The molecule has 6 heteroatoms. The van der Waals surface area contributed by atoms with E-state index < -0.39 is 11.5 Å². The van der Waals surface area contributed by atoms with Gasteiger partial charge in [-0.15, -0.1) is 11.3 Å². The van der Waals surface area contributed by atoms with Gasteiger partial charge in [0.1, 0.15) is 5.56 Å². The quantitative estimate of drug-likeness (QED) is 0.775. The molecule has 2 aromatic heterocycles. The van der Waals surface area contributed by atoms with Gasteiger partial charge in [0.15, 0.2) is 0 Å². The Morgan fingerprint density at radius 2 is 2.04 bits per heavy atom. The molecule has 0 bridgehead atoms. The zero-order valence-corrected chi connectivity index (χ0v) is 13.5. The number of thiazole rings is 1. The van der Waals surface area contributed by atoms with Gasteiger partial charge in [-0.25, -0.2) is 4.98 Å². The highest BCUT2D eigenvalue weighted by Gasteiger charge is 2.11. The molecule has 0 fully saturated rings. The minimum Gasteiger partial charge on any atom is -0.326 e. The van der Waals surface area contributed by atoms with Gasteiger partial charge < -0.3 is 10.3 Å². The number of benzene rings is 1. The van der Waals surface area contributed by atoms with Crippen LogP contribution in [-0.4, -0.2) is 15.9 Å². The van der Waals surface area contributed by atoms with Gasteiger partial charge in [0.05, 0.1) is 10.7 Å². The van der Waals surface area contributed by atoms with E-state index in [4.69, 9.17) is 0 Å². The number of rotatable bonds is 3. The topological polar surface area (TPSA) is 74.8 Å². The Morgan fingerprint density at radius 1 is 1.22 bits per heavy atom. The second-order valence-electron chi connectivity index (χ2n) is 5.17. The third-order valence-electron chi connectivity index (χ3n) is 3.34. The highest BCUT2D eigenvalue weighted by Crippen LogP contribution is 2.24. The first kappa shape index (κ1) is 15.2. The number of carbonyl (C=O) groups is 1. The first-order valence-electron chi connectivity index (χ1n) is 7.07. The third kappa shape index (κ3) is 3.37. The van der Waals surface area contributed by atoms with E-state index in [1.807, 2.05) is 30.5 Å². The van der Waals surface area contributed by atoms with Crippen molar-refractivity contribution in [1.29, 1.82) is 0 Å². The molecule has 116 valence electrons. The molecule has 0 saturated heterocycles. The molecular formula is C17H15N3O2S. The van der Waals surface area contributed by atoms with Gasteiger partial charge in [-0.1, -0.05) is 12.1 Å². The smallest absolute Gasteiger partial charge is 0.261 e. The Labute approximate surface area is 137 Å². The predicted molar refractivity (Wildman–Crippen MR) is 92.0 cm³/mol. The van der Waals surface area contributed by atoms with Crippen LogP contribution in [0.5, 0.6) is 0 Å². The van der Waals surface area contributed by atoms with E-state index >= 15 is 0 Å². The molecular weight excluding hydrogens is 310 g/mol. The summed E-state index contributed by atoms with van der Waals surface area (Å²) in [5.41, 5.74) is 2.83. The fourth-order valence-electron chi connectivity index (χ4n) is 2.20. The van der Waals surface area contributed by atoms with E-state index in [1.165, 1.54) is 6.07 Å². The summed E-state index contributed by atoms with van der Waals surface area (Å²) in [7, 11) is 0. The molecule has 5 nitrogen and oxygen atoms in total. The maximum absolute atomic E-state index is 12.3. The fraction of sp³-hybridized carbons (Fsp3) is 0.118. The van der Waals surface area contributed by atoms with Crippen LogP contribution in [0.25, 0.3) is 11.3 Å². The van der Waals surface area contributed by atoms with Crippen LogP contribution in [0.1, 0.15) is 21.1 Å². The zero-order chi connectivity index (χ0) is 16.4. The molecule has 0 aliphatic heterocycles. The lowest BCUT2D eigenvalue weighted by molar-refractivity contribution is 0.102. The molecule has 0 aliphatic rings. The zero-order valence-electron chi connectivity index (χ0n) is 12.7. The van der Waals surface area contributed by atoms with E-state index in [9.17, 15) is 9.59 Å². The van der Waals surface area contributed by atoms with Crippen LogP contribution < -0.4 is 10.9 Å². The van der Waals surface area contributed by atoms with Gasteiger partial charge >= 0.3 is 0 Å². The van der Waals surface area contributed by atoms with Crippen LogP contribution in [0.2, 0.25) is 0 Å². The van der Waals surface area contributed by atoms with E-state index in [0.717, 1.165) is 16.3 Å². The normalized spacial score (nSPS) is 10.5. The summed E-state index contributed by atoms with van der Waals surface area (Å²) in [6, 6.07) is 10.6. The summed E-state index contributed by atoms with van der Waals surface area (Å²) < 4.78 is 0. The minimum absolute atomic E-state index is 0.0884. The maximum atomic E-state index is 12.3. The average molecular weight is 325 g/mol. The molecule has 1 aromatic carbocycles. The standard InChI is InChI=1S/C17H15N3O2S/c1-10-6-7-14(16(21)18-10)17(22)20-13-5-3-4-12(8-13)15-9-23-11(2)19-15/h3-9H,1-2H3,(H,18,21)(H,20,22). The Morgan fingerprint density at radius 3 is 2.74 bits per heavy atom. The lowest BCUT2D eigenvalue weighted by Crippen LogP contribution is -2.23. The van der Waals surface area contributed by atoms with E-state index in [1.54, 1.807) is 30.4 Å². The number of anilines is 1. The van der Waals surface area contributed by atoms with Gasteiger partial charge in [0.2, 0.25) is 0 Å². The summed E-state index contributed by atoms with van der Waals surface area (Å²) in [5.74, 6) is -0.433. The number of aromatic nitrogens is 2. The van der Waals surface area contributed by atoms with Crippen LogP contribution in [0.15, 0.2) is 46.6 Å². The number of aryl methyl sites for hydroxylation is 2. The van der Waals surface area contributed by atoms with Crippen molar-refractivity contribution in [3.63, 3.8) is 0 Å². The van der Waals surface area contributed by atoms with Crippen LogP contribution in [0, 0.1) is 13.8 Å². The summed E-state index contributed by atoms with van der Waals surface area (Å²) in [5, 5.41) is 5.71. The molecule has 23 heavy (non-hydrogen) atoms. The van der Waals surface area contributed by atoms with Gasteiger partial charge in [-0.05, 0) is 38.1 Å². The Bertz CT molecular complexity index is 927. The molecule has 0 aliphatic carbocycles. The second-order valence-corrected chi connectivity index (χ2v) is 6.23. The fourth-order valence-corrected chi connectivity index (χ4v) is 2.82. The van der Waals surface area contributed by atoms with Crippen molar-refractivity contribution in [2.75, 3.05) is 5.32 Å². The first-order chi connectivity index (χ1) is 11.0. The molecule has 1 amide bonds. The highest BCUT2D eigenvalue weighted by atomic mass is 32.1. The number of amides is 1. The summed E-state index contributed by atoms with van der Waals surface area (Å²) in [6.07, 6.45) is 0. The lowest BCUT2D eigenvalue weighted by atomic mass is 10.1. The number of aromatic amines is 1. The Kier molecular flexibility index (Phi) is 4.08. The SMILES string of the molecule is Cc1ccc(C(=O)Nc2cccc(-c3csc(C)n3)c2)c(=O)[nH]1. The molecule has 2 heterocycles. The number of carbonyl (C=O) groups excluding carboxylic acids is 1. The molecule has 3 aromatic rings. The van der Waals surface area contributed by atoms with Gasteiger partial charge in [0.25, 0.3) is 11.5 Å². The van der Waals surface area contributed by atoms with Crippen LogP contribution in [0.3, 0.4) is 0 Å². The monoisotopic (exact) mass is 325 g/mol. The summed E-state index contributed by atoms with van der Waals surface area (Å²) in [4.78, 5) is 31.1. The molecule has 0 atom stereocenters. The van der Waals surface area contributed by atoms with Gasteiger partial charge in [-0.3, -0.25) is 9.59 Å². The lowest BCUT2D eigenvalue weighted by Gasteiger charge is -2.06. The second kappa shape index (κ2) is 6.18. The largest absolute Gasteiger partial charge is 0.326 e. The number of hydrogen-bond donors (Lipinski definition) is 2. The van der Waals surface area contributed by atoms with E-state index in [-0.39, 0.29) is 5.56 Å². The van der Waals surface area contributed by atoms with Gasteiger partial charge in [0, 0.05) is 22.3 Å². The summed E-state index contributed by atoms with van der Waals surface area (Å²) >= 11 is 1.58. The van der Waals surface area contributed by atoms with Crippen LogP contribution >= 0.6 is 11.3 Å².